The Morgan fingerprint density at radius 2 is 1.93 bits per heavy atom. The molecule has 2 heterocycles. The van der Waals surface area contributed by atoms with Crippen LogP contribution in [-0.4, -0.2) is 34.4 Å². The molecule has 3 N–H and O–H groups in total. The molecule has 0 amide bonds. The van der Waals surface area contributed by atoms with Gasteiger partial charge in [0, 0.05) is 24.5 Å². The molecule has 0 fully saturated rings. The van der Waals surface area contributed by atoms with E-state index in [0.29, 0.717) is 5.56 Å². The van der Waals surface area contributed by atoms with Gasteiger partial charge in [0.05, 0.1) is 5.69 Å². The van der Waals surface area contributed by atoms with Gasteiger partial charge in [0.25, 0.3) is 0 Å². The van der Waals surface area contributed by atoms with Crippen molar-refractivity contribution in [1.82, 2.24) is 19.7 Å². The second-order valence-electron chi connectivity index (χ2n) is 6.32. The maximum absolute atomic E-state index is 12.5. The molecule has 29 heavy (non-hydrogen) atoms. The first-order valence-electron chi connectivity index (χ1n) is 8.60. The molecule has 0 radical (unpaired) electrons. The second kappa shape index (κ2) is 8.33. The molecule has 0 aliphatic carbocycles. The van der Waals surface area contributed by atoms with Gasteiger partial charge in [0.1, 0.15) is 5.56 Å². The van der Waals surface area contributed by atoms with Crippen LogP contribution >= 0.6 is 0 Å². The number of aromatic carboxylic acids is 1. The van der Waals surface area contributed by atoms with Crippen LogP contribution in [0.15, 0.2) is 48.8 Å². The minimum atomic E-state index is -4.09. The summed E-state index contributed by atoms with van der Waals surface area (Å²) in [6, 6.07) is 10.7. The molecule has 3 rings (SSSR count). The Labute approximate surface area is 168 Å². The predicted octanol–water partition coefficient (Wildman–Crippen LogP) is 2.30. The van der Waals surface area contributed by atoms with Gasteiger partial charge in [-0.25, -0.2) is 14.8 Å². The third-order valence-corrected chi connectivity index (χ3v) is 4.99. The van der Waals surface area contributed by atoms with E-state index < -0.39 is 16.2 Å². The summed E-state index contributed by atoms with van der Waals surface area (Å²) in [4.78, 5) is 23.9. The van der Waals surface area contributed by atoms with Crippen molar-refractivity contribution in [2.24, 2.45) is 0 Å². The lowest BCUT2D eigenvalue weighted by Gasteiger charge is -2.13. The molecule has 0 saturated heterocycles. The number of benzene rings is 1. The molecule has 3 aromatic rings. The smallest absolute Gasteiger partial charge is 0.341 e. The predicted molar refractivity (Wildman–Crippen MR) is 108 cm³/mol. The van der Waals surface area contributed by atoms with Crippen molar-refractivity contribution in [3.8, 4) is 11.4 Å². The van der Waals surface area contributed by atoms with Gasteiger partial charge in [-0.05, 0) is 31.5 Å². The number of aromatic nitrogens is 3. The van der Waals surface area contributed by atoms with Gasteiger partial charge in [0.15, 0.2) is 11.6 Å². The van der Waals surface area contributed by atoms with Crippen molar-refractivity contribution in [1.29, 1.82) is 0 Å². The number of hydrogen-bond acceptors (Lipinski definition) is 6. The Morgan fingerprint density at radius 3 is 2.59 bits per heavy atom. The lowest BCUT2D eigenvalue weighted by atomic mass is 10.1. The zero-order chi connectivity index (χ0) is 21.0. The van der Waals surface area contributed by atoms with Gasteiger partial charge in [-0.15, -0.1) is 0 Å². The fraction of sp³-hybridized carbons (Fsp3) is 0.158. The number of pyridine rings is 1. The van der Waals surface area contributed by atoms with Crippen LogP contribution < -0.4 is 9.44 Å². The molecule has 0 unspecified atom stereocenters. The van der Waals surface area contributed by atoms with Crippen LogP contribution in [0, 0.1) is 13.8 Å². The molecule has 150 valence electrons. The molecule has 0 saturated carbocycles. The summed E-state index contributed by atoms with van der Waals surface area (Å²) in [5.74, 6) is -1.49. The first kappa shape index (κ1) is 20.4. The van der Waals surface area contributed by atoms with Crippen molar-refractivity contribution in [2.75, 3.05) is 4.72 Å². The van der Waals surface area contributed by atoms with Crippen LogP contribution in [0.3, 0.4) is 0 Å². The molecular weight excluding hydrogens is 394 g/mol. The number of carboxylic acids is 1. The van der Waals surface area contributed by atoms with Crippen molar-refractivity contribution in [3.05, 3.63) is 71.2 Å². The van der Waals surface area contributed by atoms with Gasteiger partial charge >= 0.3 is 16.2 Å². The van der Waals surface area contributed by atoms with E-state index in [1.807, 2.05) is 25.1 Å². The van der Waals surface area contributed by atoms with Crippen molar-refractivity contribution in [3.63, 3.8) is 0 Å². The van der Waals surface area contributed by atoms with Crippen molar-refractivity contribution < 1.29 is 18.3 Å². The Hall–Kier alpha value is -3.37. The van der Waals surface area contributed by atoms with E-state index in [1.165, 1.54) is 13.1 Å². The highest BCUT2D eigenvalue weighted by Crippen LogP contribution is 2.22. The number of hydrogen-bond donors (Lipinski definition) is 3. The summed E-state index contributed by atoms with van der Waals surface area (Å²) in [5.41, 5.74) is 2.10. The van der Waals surface area contributed by atoms with Gasteiger partial charge in [-0.2, -0.15) is 13.1 Å². The maximum atomic E-state index is 12.5. The highest BCUT2D eigenvalue weighted by atomic mass is 32.2. The fourth-order valence-electron chi connectivity index (χ4n) is 2.69. The van der Waals surface area contributed by atoms with Crippen molar-refractivity contribution >= 4 is 22.0 Å². The van der Waals surface area contributed by atoms with E-state index >= 15 is 0 Å². The lowest BCUT2D eigenvalue weighted by molar-refractivity contribution is 0.0696. The molecule has 10 heteroatoms. The Bertz CT molecular complexity index is 1150. The quantitative estimate of drug-likeness (QED) is 0.541. The highest BCUT2D eigenvalue weighted by molar-refractivity contribution is 7.90. The lowest BCUT2D eigenvalue weighted by Crippen LogP contribution is -2.31. The molecule has 0 aliphatic rings. The van der Waals surface area contributed by atoms with Gasteiger partial charge in [-0.3, -0.25) is 9.71 Å². The van der Waals surface area contributed by atoms with E-state index in [2.05, 4.69) is 24.4 Å². The summed E-state index contributed by atoms with van der Waals surface area (Å²) >= 11 is 0. The van der Waals surface area contributed by atoms with Gasteiger partial charge < -0.3 is 5.11 Å². The molecular formula is C19H19N5O4S. The molecule has 2 aromatic heterocycles. The van der Waals surface area contributed by atoms with Crippen LogP contribution in [-0.2, 0) is 16.8 Å². The summed E-state index contributed by atoms with van der Waals surface area (Å²) in [5, 5.41) is 9.50. The van der Waals surface area contributed by atoms with Gasteiger partial charge in [0.2, 0.25) is 0 Å². The van der Waals surface area contributed by atoms with Crippen LogP contribution in [0.5, 0.6) is 0 Å². The van der Waals surface area contributed by atoms with Crippen LogP contribution in [0.4, 0.5) is 5.82 Å². The van der Waals surface area contributed by atoms with E-state index in [0.717, 1.165) is 11.1 Å². The third kappa shape index (κ3) is 5.12. The second-order valence-corrected chi connectivity index (χ2v) is 7.82. The van der Waals surface area contributed by atoms with Crippen LogP contribution in [0.25, 0.3) is 11.4 Å². The molecule has 0 aliphatic heterocycles. The fourth-order valence-corrected chi connectivity index (χ4v) is 3.52. The number of nitrogens with one attached hydrogen (secondary N) is 2. The number of nitrogens with zero attached hydrogens (tertiary/aromatic N) is 3. The molecule has 0 spiro atoms. The Balaban J connectivity index is 1.91. The maximum Gasteiger partial charge on any atom is 0.341 e. The van der Waals surface area contributed by atoms with Crippen LogP contribution in [0.1, 0.15) is 27.2 Å². The van der Waals surface area contributed by atoms with E-state index in [-0.39, 0.29) is 29.4 Å². The molecule has 9 nitrogen and oxygen atoms in total. The minimum absolute atomic E-state index is 0.0406. The largest absolute Gasteiger partial charge is 0.477 e. The zero-order valence-corrected chi connectivity index (χ0v) is 16.6. The SMILES string of the molecule is Cc1cccc(CNS(=O)(=O)Nc2nc(-c3cccnc3)nc(C)c2C(=O)O)c1. The van der Waals surface area contributed by atoms with E-state index in [4.69, 9.17) is 0 Å². The summed E-state index contributed by atoms with van der Waals surface area (Å²) in [6.45, 7) is 3.42. The third-order valence-electron chi connectivity index (χ3n) is 4.00. The van der Waals surface area contributed by atoms with Gasteiger partial charge in [-0.1, -0.05) is 29.8 Å². The van der Waals surface area contributed by atoms with Crippen LogP contribution in [0.2, 0.25) is 0 Å². The Kier molecular flexibility index (Phi) is 5.85. The highest BCUT2D eigenvalue weighted by Gasteiger charge is 2.22. The summed E-state index contributed by atoms with van der Waals surface area (Å²) in [6.07, 6.45) is 3.07. The van der Waals surface area contributed by atoms with E-state index in [9.17, 15) is 18.3 Å². The number of rotatable bonds is 7. The van der Waals surface area contributed by atoms with Crippen molar-refractivity contribution in [2.45, 2.75) is 20.4 Å². The zero-order valence-electron chi connectivity index (χ0n) is 15.7. The van der Waals surface area contributed by atoms with E-state index in [1.54, 1.807) is 24.4 Å². The average Bonchev–Trinajstić information content (AvgIpc) is 2.66. The number of aryl methyl sites for hydroxylation is 2. The molecule has 0 bridgehead atoms. The average molecular weight is 413 g/mol. The normalized spacial score (nSPS) is 11.2. The number of anilines is 1. The first-order chi connectivity index (χ1) is 13.7. The minimum Gasteiger partial charge on any atom is -0.477 e. The first-order valence-corrected chi connectivity index (χ1v) is 10.1. The summed E-state index contributed by atoms with van der Waals surface area (Å²) in [7, 11) is -4.09. The monoisotopic (exact) mass is 413 g/mol. The summed E-state index contributed by atoms with van der Waals surface area (Å²) < 4.78 is 29.6. The molecule has 0 atom stereocenters. The topological polar surface area (TPSA) is 134 Å². The number of carbonyl (C=O) groups is 1. The molecule has 1 aromatic carbocycles. The number of carboxylic acid groups (broad SMARTS) is 1. The Morgan fingerprint density at radius 1 is 1.14 bits per heavy atom. The standard InChI is InChI=1S/C19H19N5O4S/c1-12-5-3-6-14(9-12)10-21-29(27,28)24-18-16(19(25)26)13(2)22-17(23-18)15-7-4-8-20-11-15/h3-9,11,21H,10H2,1-2H3,(H,25,26)(H,22,23,24).